The molecule has 0 atom stereocenters. The molecule has 0 aliphatic carbocycles. The van der Waals surface area contributed by atoms with Crippen molar-refractivity contribution in [3.05, 3.63) is 92.6 Å². The van der Waals surface area contributed by atoms with Crippen LogP contribution in [0.1, 0.15) is 20.7 Å². The van der Waals surface area contributed by atoms with Crippen LogP contribution in [-0.4, -0.2) is 58.7 Å². The molecule has 0 unspecified atom stereocenters. The summed E-state index contributed by atoms with van der Waals surface area (Å²) in [5, 5.41) is 14.5. The Morgan fingerprint density at radius 2 is 1.52 bits per heavy atom. The van der Waals surface area contributed by atoms with Crippen LogP contribution in [-0.2, 0) is 14.3 Å². The number of carbonyl (C=O) groups excluding carboxylic acids is 2. The number of rotatable bonds is 7. The van der Waals surface area contributed by atoms with Crippen molar-refractivity contribution in [2.75, 3.05) is 19.6 Å². The summed E-state index contributed by atoms with van der Waals surface area (Å²) in [6.45, 7) is 0. The Bertz CT molecular complexity index is 1720. The second-order valence-electron chi connectivity index (χ2n) is 7.44. The molecule has 0 aliphatic rings. The third kappa shape index (κ3) is 9.69. The molecule has 3 rings (SSSR count). The molecule has 0 amide bonds. The minimum absolute atomic E-state index is 0. The highest BCUT2D eigenvalue weighted by atomic mass is 79.9. The fourth-order valence-corrected chi connectivity index (χ4v) is 4.16. The fraction of sp³-hybridized carbons (Fsp3) is 0.0833. The Morgan fingerprint density at radius 1 is 1.00 bits per heavy atom. The lowest BCUT2D eigenvalue weighted by molar-refractivity contribution is -0.131. The van der Waals surface area contributed by atoms with Gasteiger partial charge in [-0.25, -0.2) is 23.2 Å². The van der Waals surface area contributed by atoms with E-state index in [4.69, 9.17) is 51.5 Å². The molecule has 2 aromatic carbocycles. The van der Waals surface area contributed by atoms with Gasteiger partial charge in [-0.2, -0.15) is 14.9 Å². The van der Waals surface area contributed by atoms with Crippen molar-refractivity contribution in [2.45, 2.75) is 0 Å². The van der Waals surface area contributed by atoms with Gasteiger partial charge in [-0.05, 0) is 56.1 Å². The number of allylic oxidation sites excluding steroid dienone is 1. The first-order valence-corrected chi connectivity index (χ1v) is 13.9. The third-order valence-electron chi connectivity index (χ3n) is 4.77. The van der Waals surface area contributed by atoms with E-state index >= 15 is 0 Å². The molecule has 0 saturated carbocycles. The fourth-order valence-electron chi connectivity index (χ4n) is 2.77. The van der Waals surface area contributed by atoms with Crippen molar-refractivity contribution in [1.29, 1.82) is 0 Å². The number of carbonyl (C=O) groups is 3. The molecule has 1 aromatic heterocycles. The number of hydrogen-bond donors (Lipinski definition) is 2. The van der Waals surface area contributed by atoms with Crippen LogP contribution in [0.4, 0.5) is 14.5 Å². The highest BCUT2D eigenvalue weighted by Crippen LogP contribution is 2.26. The number of halogens is 8. The Kier molecular flexibility index (Phi) is 15.4. The normalized spacial score (nSPS) is 11.0. The van der Waals surface area contributed by atoms with Gasteiger partial charge in [-0.15, -0.1) is 0 Å². The van der Waals surface area contributed by atoms with Crippen molar-refractivity contribution >= 4 is 108 Å². The predicted octanol–water partition coefficient (Wildman–Crippen LogP) is 6.60. The molecule has 44 heavy (non-hydrogen) atoms. The maximum atomic E-state index is 14.0. The number of aromatic nitrogens is 2. The van der Waals surface area contributed by atoms with Gasteiger partial charge in [-0.1, -0.05) is 46.4 Å². The molecule has 0 bridgehead atoms. The Morgan fingerprint density at radius 3 is 2.05 bits per heavy atom. The van der Waals surface area contributed by atoms with Gasteiger partial charge >= 0.3 is 17.9 Å². The first-order chi connectivity index (χ1) is 20.1. The van der Waals surface area contributed by atoms with Gasteiger partial charge in [0.2, 0.25) is 0 Å². The molecular weight excluding hydrogens is 812 g/mol. The zero-order valence-electron chi connectivity index (χ0n) is 21.7. The topological polar surface area (TPSA) is 179 Å². The summed E-state index contributed by atoms with van der Waals surface area (Å²) in [4.78, 5) is 45.6. The number of nitrogens with zero attached hydrogens (tertiary/aromatic N) is 3. The molecular formula is C24H15Br2Cl4F2N4O8-. The van der Waals surface area contributed by atoms with E-state index in [1.54, 1.807) is 0 Å². The van der Waals surface area contributed by atoms with Crippen LogP contribution in [0.2, 0.25) is 10.0 Å². The number of ether oxygens (including phenoxy) is 2. The molecule has 0 saturated heterocycles. The maximum Gasteiger partial charge on any atom is 0.348 e. The van der Waals surface area contributed by atoms with E-state index in [9.17, 15) is 28.0 Å². The largest absolute Gasteiger partial charge is 0.870 e. The highest BCUT2D eigenvalue weighted by Gasteiger charge is 2.19. The van der Waals surface area contributed by atoms with Crippen LogP contribution < -0.4 is 11.0 Å². The van der Waals surface area contributed by atoms with E-state index in [0.717, 1.165) is 30.6 Å². The molecule has 3 N–H and O–H groups in total. The van der Waals surface area contributed by atoms with Crippen molar-refractivity contribution in [3.63, 3.8) is 0 Å². The zero-order chi connectivity index (χ0) is 32.6. The summed E-state index contributed by atoms with van der Waals surface area (Å²) in [5.41, 5.74) is 1.20. The second kappa shape index (κ2) is 17.4. The standard InChI is InChI=1S/C12H8BrCl2FN2O4.C12H6BrCl2FN2O3.H2O/c1-22-12(21)5-2-9(8(16)3-6(5)13)18-17-4-7(14)10(15)11(19)20;1-21-12(20)5-2-9(8(16)3-6(5)13)18-11(19)10(15)7(14)4-17-18;/h2-4,18H,1H3,(H,19,20);2-4H,1H3;1H2/p-1/b10-7-,17-4-;;. The summed E-state index contributed by atoms with van der Waals surface area (Å²) < 4.78 is 38.0. The maximum absolute atomic E-state index is 14.0. The van der Waals surface area contributed by atoms with E-state index in [1.807, 2.05) is 0 Å². The van der Waals surface area contributed by atoms with Crippen LogP contribution in [0.15, 0.2) is 59.4 Å². The average Bonchev–Trinajstić information content (AvgIpc) is 2.96. The molecule has 0 radical (unpaired) electrons. The monoisotopic (exact) mass is 823 g/mol. The summed E-state index contributed by atoms with van der Waals surface area (Å²) >= 11 is 28.4. The van der Waals surface area contributed by atoms with Gasteiger partial charge in [0, 0.05) is 8.95 Å². The predicted molar refractivity (Wildman–Crippen MR) is 165 cm³/mol. The van der Waals surface area contributed by atoms with Crippen LogP contribution in [0, 0.1) is 11.6 Å². The van der Waals surface area contributed by atoms with E-state index in [0.29, 0.717) is 4.68 Å². The number of hydrogen-bond acceptors (Lipinski definition) is 10. The van der Waals surface area contributed by atoms with Crippen molar-refractivity contribution in [1.82, 2.24) is 9.78 Å². The summed E-state index contributed by atoms with van der Waals surface area (Å²) in [6.07, 6.45) is 1.99. The van der Waals surface area contributed by atoms with E-state index in [2.05, 4.69) is 57.0 Å². The van der Waals surface area contributed by atoms with Crippen molar-refractivity contribution in [3.8, 4) is 5.69 Å². The molecule has 1 heterocycles. The minimum atomic E-state index is -1.43. The minimum Gasteiger partial charge on any atom is -0.870 e. The first-order valence-electron chi connectivity index (χ1n) is 10.8. The number of carboxylic acid groups (broad SMARTS) is 1. The number of aliphatic carboxylic acids is 1. The Hall–Kier alpha value is -3.12. The smallest absolute Gasteiger partial charge is 0.348 e. The Balaban J connectivity index is 0.000000430. The number of anilines is 1. The highest BCUT2D eigenvalue weighted by molar-refractivity contribution is 9.10. The van der Waals surface area contributed by atoms with E-state index in [1.165, 1.54) is 20.3 Å². The summed E-state index contributed by atoms with van der Waals surface area (Å²) in [6, 6.07) is 4.37. The third-order valence-corrected chi connectivity index (χ3v) is 7.58. The molecule has 0 spiro atoms. The summed E-state index contributed by atoms with van der Waals surface area (Å²) in [5.74, 6) is -4.29. The van der Waals surface area contributed by atoms with E-state index in [-0.39, 0.29) is 52.0 Å². The SMILES string of the molecule is COC(=O)c1cc(-n2ncc(Cl)c(Cl)c2=O)c(F)cc1Br.COC(=O)c1cc(N/N=C\C(Cl)=C(\Cl)C(=O)O)c(F)cc1Br.[OH-]. The van der Waals surface area contributed by atoms with Gasteiger partial charge in [-0.3, -0.25) is 10.2 Å². The van der Waals surface area contributed by atoms with Crippen LogP contribution >= 0.6 is 78.3 Å². The lowest BCUT2D eigenvalue weighted by atomic mass is 10.2. The first kappa shape index (κ1) is 38.9. The van der Waals surface area contributed by atoms with Gasteiger partial charge < -0.3 is 20.1 Å². The van der Waals surface area contributed by atoms with Crippen molar-refractivity contribution in [2.24, 2.45) is 5.10 Å². The second-order valence-corrected chi connectivity index (χ2v) is 10.7. The number of benzene rings is 2. The molecule has 0 aliphatic heterocycles. The lowest BCUT2D eigenvalue weighted by Crippen LogP contribution is -2.23. The van der Waals surface area contributed by atoms with Gasteiger partial charge in [0.05, 0.1) is 53.5 Å². The molecule has 0 fully saturated rings. The van der Waals surface area contributed by atoms with E-state index < -0.39 is 40.1 Å². The lowest BCUT2D eigenvalue weighted by Gasteiger charge is -2.10. The van der Waals surface area contributed by atoms with Crippen LogP contribution in [0.3, 0.4) is 0 Å². The van der Waals surface area contributed by atoms with Gasteiger partial charge in [0.15, 0.2) is 0 Å². The van der Waals surface area contributed by atoms with Crippen LogP contribution in [0.25, 0.3) is 5.69 Å². The van der Waals surface area contributed by atoms with Crippen LogP contribution in [0.5, 0.6) is 0 Å². The van der Waals surface area contributed by atoms with Gasteiger partial charge in [0.1, 0.15) is 27.4 Å². The zero-order valence-corrected chi connectivity index (χ0v) is 27.9. The average molecular weight is 827 g/mol. The molecule has 12 nitrogen and oxygen atoms in total. The molecule has 20 heteroatoms. The van der Waals surface area contributed by atoms with Crippen molar-refractivity contribution < 1.29 is 43.2 Å². The molecule has 236 valence electrons. The number of methoxy groups -OCH3 is 2. The molecule has 3 aromatic rings. The van der Waals surface area contributed by atoms with Gasteiger partial charge in [0.25, 0.3) is 5.56 Å². The quantitative estimate of drug-likeness (QED) is 0.114. The number of nitrogens with one attached hydrogen (secondary N) is 1. The Labute approximate surface area is 282 Å². The number of hydrazone groups is 1. The number of carboxylic acids is 1. The summed E-state index contributed by atoms with van der Waals surface area (Å²) in [7, 11) is 2.36. The number of esters is 2.